The SMILES string of the molecule is C1=CNCC=N1.CC1CC=Cc2ccc3c(c21)C=CC1=C(C(F)(F)F)C=CCC13. The maximum atomic E-state index is 13.3. The van der Waals surface area contributed by atoms with Gasteiger partial charge in [0, 0.05) is 31.1 Å². The zero-order chi connectivity index (χ0) is 20.4. The molecule has 4 aliphatic rings. The molecule has 3 aliphatic carbocycles. The Morgan fingerprint density at radius 2 is 1.86 bits per heavy atom. The highest BCUT2D eigenvalue weighted by Gasteiger charge is 2.39. The van der Waals surface area contributed by atoms with Gasteiger partial charge in [-0.2, -0.15) is 13.2 Å². The van der Waals surface area contributed by atoms with Gasteiger partial charge in [0.05, 0.1) is 5.57 Å². The summed E-state index contributed by atoms with van der Waals surface area (Å²) in [5.74, 6) is 0.223. The van der Waals surface area contributed by atoms with E-state index in [0.29, 0.717) is 17.9 Å². The number of nitrogens with one attached hydrogen (secondary N) is 1. The molecule has 2 nitrogen and oxygen atoms in total. The summed E-state index contributed by atoms with van der Waals surface area (Å²) in [5.41, 5.74) is 4.55. The maximum absolute atomic E-state index is 13.3. The Morgan fingerprint density at radius 3 is 2.52 bits per heavy atom. The van der Waals surface area contributed by atoms with E-state index in [1.54, 1.807) is 18.4 Å². The number of aliphatic imine (C=N–C) groups is 1. The standard InChI is InChI=1S/C20H17F3.C4H6N2/c1-12-4-2-5-13-8-9-15-14-6-3-7-18(20(21,22)23)16(14)10-11-17(15)19(12)13;1-2-6-4-3-5-1/h2-3,5,7-12,14H,4,6H2,1H3;1-3,6H,4H2. The fraction of sp³-hybridized carbons (Fsp3) is 0.292. The van der Waals surface area contributed by atoms with Gasteiger partial charge >= 0.3 is 6.18 Å². The number of nitrogens with zero attached hydrogens (tertiary/aromatic N) is 1. The lowest BCUT2D eigenvalue weighted by atomic mass is 9.72. The normalized spacial score (nSPS) is 23.6. The van der Waals surface area contributed by atoms with E-state index in [1.165, 1.54) is 17.2 Å². The third-order valence-electron chi connectivity index (χ3n) is 5.68. The Labute approximate surface area is 168 Å². The van der Waals surface area contributed by atoms with Gasteiger partial charge in [-0.3, -0.25) is 4.99 Å². The second-order valence-electron chi connectivity index (χ2n) is 7.56. The lowest BCUT2D eigenvalue weighted by Crippen LogP contribution is -2.20. The minimum absolute atomic E-state index is 0.181. The van der Waals surface area contributed by atoms with Crippen LogP contribution < -0.4 is 5.32 Å². The molecular formula is C24H23F3N2. The third-order valence-corrected chi connectivity index (χ3v) is 5.68. The predicted octanol–water partition coefficient (Wildman–Crippen LogP) is 6.27. The van der Waals surface area contributed by atoms with Crippen LogP contribution in [0.1, 0.15) is 53.9 Å². The molecule has 1 aromatic rings. The van der Waals surface area contributed by atoms with Crippen molar-refractivity contribution in [2.24, 2.45) is 4.99 Å². The molecule has 1 N–H and O–H groups in total. The monoisotopic (exact) mass is 396 g/mol. The molecule has 5 rings (SSSR count). The second kappa shape index (κ2) is 7.90. The smallest absolute Gasteiger partial charge is 0.385 e. The summed E-state index contributed by atoms with van der Waals surface area (Å²) in [6.07, 6.45) is 13.4. The molecule has 0 fully saturated rings. The van der Waals surface area contributed by atoms with Crippen molar-refractivity contribution in [1.29, 1.82) is 0 Å². The number of benzene rings is 1. The lowest BCUT2D eigenvalue weighted by Gasteiger charge is -2.32. The first-order valence-corrected chi connectivity index (χ1v) is 9.86. The molecule has 0 spiro atoms. The van der Waals surface area contributed by atoms with E-state index in [-0.39, 0.29) is 5.92 Å². The van der Waals surface area contributed by atoms with Gasteiger partial charge in [0.25, 0.3) is 0 Å². The largest absolute Gasteiger partial charge is 0.416 e. The molecular weight excluding hydrogens is 373 g/mol. The van der Waals surface area contributed by atoms with Crippen LogP contribution in [0.25, 0.3) is 12.2 Å². The number of halogens is 3. The Kier molecular flexibility index (Phi) is 5.31. The van der Waals surface area contributed by atoms with E-state index < -0.39 is 11.7 Å². The summed E-state index contributed by atoms with van der Waals surface area (Å²) in [5, 5.41) is 2.95. The highest BCUT2D eigenvalue weighted by Crippen LogP contribution is 2.47. The van der Waals surface area contributed by atoms with Crippen LogP contribution in [0.15, 0.2) is 65.0 Å². The van der Waals surface area contributed by atoms with Crippen LogP contribution >= 0.6 is 0 Å². The third kappa shape index (κ3) is 3.86. The van der Waals surface area contributed by atoms with Gasteiger partial charge in [0.15, 0.2) is 0 Å². The molecule has 0 aromatic heterocycles. The minimum atomic E-state index is -4.30. The topological polar surface area (TPSA) is 24.4 Å². The maximum Gasteiger partial charge on any atom is 0.416 e. The minimum Gasteiger partial charge on any atom is -0.385 e. The molecule has 2 atom stereocenters. The van der Waals surface area contributed by atoms with Crippen LogP contribution in [0.3, 0.4) is 0 Å². The molecule has 0 saturated heterocycles. The van der Waals surface area contributed by atoms with Gasteiger partial charge in [-0.25, -0.2) is 0 Å². The van der Waals surface area contributed by atoms with Crippen LogP contribution in [0.2, 0.25) is 0 Å². The van der Waals surface area contributed by atoms with Crippen molar-refractivity contribution in [1.82, 2.24) is 5.32 Å². The van der Waals surface area contributed by atoms with Gasteiger partial charge in [-0.15, -0.1) is 0 Å². The van der Waals surface area contributed by atoms with Crippen molar-refractivity contribution in [3.8, 4) is 0 Å². The summed E-state index contributed by atoms with van der Waals surface area (Å²) in [6.45, 7) is 3.06. The van der Waals surface area contributed by atoms with Crippen molar-refractivity contribution in [2.45, 2.75) is 37.8 Å². The molecule has 1 heterocycles. The number of allylic oxidation sites excluding steroid dienone is 6. The number of hydrogen-bond donors (Lipinski definition) is 1. The van der Waals surface area contributed by atoms with Crippen LogP contribution in [0.4, 0.5) is 13.2 Å². The van der Waals surface area contributed by atoms with Gasteiger partial charge in [0.1, 0.15) is 0 Å². The van der Waals surface area contributed by atoms with Gasteiger partial charge in [-0.1, -0.05) is 55.5 Å². The quantitative estimate of drug-likeness (QED) is 0.549. The number of fused-ring (bicyclic) bond motifs is 5. The first-order valence-electron chi connectivity index (χ1n) is 9.86. The molecule has 29 heavy (non-hydrogen) atoms. The van der Waals surface area contributed by atoms with Crippen molar-refractivity contribution in [2.75, 3.05) is 6.54 Å². The van der Waals surface area contributed by atoms with Crippen LogP contribution in [0.5, 0.6) is 0 Å². The summed E-state index contributed by atoms with van der Waals surface area (Å²) in [7, 11) is 0. The summed E-state index contributed by atoms with van der Waals surface area (Å²) in [4.78, 5) is 3.81. The average molecular weight is 396 g/mol. The summed E-state index contributed by atoms with van der Waals surface area (Å²) < 4.78 is 39.8. The van der Waals surface area contributed by atoms with Crippen molar-refractivity contribution >= 4 is 18.4 Å². The fourth-order valence-corrected chi connectivity index (χ4v) is 4.37. The van der Waals surface area contributed by atoms with E-state index >= 15 is 0 Å². The van der Waals surface area contributed by atoms with E-state index in [4.69, 9.17) is 0 Å². The van der Waals surface area contributed by atoms with Gasteiger partial charge < -0.3 is 5.32 Å². The lowest BCUT2D eigenvalue weighted by molar-refractivity contribution is -0.0892. The predicted molar refractivity (Wildman–Crippen MR) is 113 cm³/mol. The highest BCUT2D eigenvalue weighted by atomic mass is 19.4. The number of alkyl halides is 3. The molecule has 1 aliphatic heterocycles. The first kappa shape index (κ1) is 19.5. The Balaban J connectivity index is 0.000000294. The molecule has 0 radical (unpaired) electrons. The van der Waals surface area contributed by atoms with Gasteiger partial charge in [0.2, 0.25) is 0 Å². The zero-order valence-corrected chi connectivity index (χ0v) is 16.2. The van der Waals surface area contributed by atoms with Crippen LogP contribution in [0, 0.1) is 0 Å². The van der Waals surface area contributed by atoms with E-state index in [9.17, 15) is 13.2 Å². The summed E-state index contributed by atoms with van der Waals surface area (Å²) >= 11 is 0. The van der Waals surface area contributed by atoms with Crippen molar-refractivity contribution in [3.63, 3.8) is 0 Å². The van der Waals surface area contributed by atoms with Crippen molar-refractivity contribution < 1.29 is 13.2 Å². The summed E-state index contributed by atoms with van der Waals surface area (Å²) in [6, 6.07) is 4.07. The van der Waals surface area contributed by atoms with Crippen LogP contribution in [-0.2, 0) is 0 Å². The Bertz CT molecular complexity index is 963. The molecule has 1 aromatic carbocycles. The molecule has 150 valence electrons. The van der Waals surface area contributed by atoms with E-state index in [0.717, 1.165) is 24.1 Å². The Hall–Kier alpha value is -2.82. The highest BCUT2D eigenvalue weighted by molar-refractivity contribution is 5.74. The van der Waals surface area contributed by atoms with E-state index in [2.05, 4.69) is 35.5 Å². The fourth-order valence-electron chi connectivity index (χ4n) is 4.37. The molecule has 5 heteroatoms. The van der Waals surface area contributed by atoms with Crippen molar-refractivity contribution in [3.05, 3.63) is 82.2 Å². The molecule has 0 bridgehead atoms. The zero-order valence-electron chi connectivity index (χ0n) is 16.2. The first-order chi connectivity index (χ1) is 14.0. The van der Waals surface area contributed by atoms with Gasteiger partial charge in [-0.05, 0) is 46.6 Å². The van der Waals surface area contributed by atoms with Crippen LogP contribution in [-0.4, -0.2) is 18.9 Å². The van der Waals surface area contributed by atoms with E-state index in [1.807, 2.05) is 24.6 Å². The number of hydrogen-bond acceptors (Lipinski definition) is 2. The Morgan fingerprint density at radius 1 is 1.03 bits per heavy atom. The molecule has 0 saturated carbocycles. The number of rotatable bonds is 0. The molecule has 2 unspecified atom stereocenters. The molecule has 0 amide bonds. The second-order valence-corrected chi connectivity index (χ2v) is 7.56. The average Bonchev–Trinajstić information content (AvgIpc) is 2.74.